The molecule has 92 valence electrons. The summed E-state index contributed by atoms with van der Waals surface area (Å²) in [4.78, 5) is 0. The molecule has 0 saturated carbocycles. The highest BCUT2D eigenvalue weighted by atomic mass is 35.5. The second-order valence-electron chi connectivity index (χ2n) is 4.80. The highest BCUT2D eigenvalue weighted by Crippen LogP contribution is 2.33. The lowest BCUT2D eigenvalue weighted by molar-refractivity contribution is 0.566. The predicted octanol–water partition coefficient (Wildman–Crippen LogP) is 3.88. The van der Waals surface area contributed by atoms with Crippen molar-refractivity contribution in [3.63, 3.8) is 0 Å². The summed E-state index contributed by atoms with van der Waals surface area (Å²) in [6.07, 6.45) is 1.10. The molecule has 0 bridgehead atoms. The van der Waals surface area contributed by atoms with Gasteiger partial charge >= 0.3 is 0 Å². The Balaban J connectivity index is 2.12. The first-order chi connectivity index (χ1) is 8.77. The zero-order valence-corrected chi connectivity index (χ0v) is 11.2. The Hall–Kier alpha value is -1.31. The summed E-state index contributed by atoms with van der Waals surface area (Å²) in [6.45, 7) is 3.20. The van der Waals surface area contributed by atoms with Crippen molar-refractivity contribution in [3.05, 3.63) is 69.7 Å². The number of nitrogens with one attached hydrogen (secondary N) is 1. The molecule has 0 aromatic heterocycles. The van der Waals surface area contributed by atoms with E-state index in [4.69, 9.17) is 11.6 Å². The average molecular weight is 258 g/mol. The molecular weight excluding hydrogens is 242 g/mol. The SMILES string of the molecule is Cc1cccc2c1CCNC2c1ccccc1Cl. The quantitative estimate of drug-likeness (QED) is 0.818. The first-order valence-corrected chi connectivity index (χ1v) is 6.71. The molecule has 1 nitrogen and oxygen atoms in total. The zero-order valence-electron chi connectivity index (χ0n) is 10.4. The van der Waals surface area contributed by atoms with Gasteiger partial charge < -0.3 is 5.32 Å². The maximum atomic E-state index is 6.32. The van der Waals surface area contributed by atoms with E-state index >= 15 is 0 Å². The highest BCUT2D eigenvalue weighted by molar-refractivity contribution is 6.31. The van der Waals surface area contributed by atoms with E-state index in [1.165, 1.54) is 22.3 Å². The maximum Gasteiger partial charge on any atom is 0.0594 e. The Morgan fingerprint density at radius 1 is 1.06 bits per heavy atom. The van der Waals surface area contributed by atoms with E-state index in [-0.39, 0.29) is 6.04 Å². The van der Waals surface area contributed by atoms with Crippen LogP contribution in [0.15, 0.2) is 42.5 Å². The fourth-order valence-electron chi connectivity index (χ4n) is 2.78. The van der Waals surface area contributed by atoms with Crippen LogP contribution >= 0.6 is 11.6 Å². The predicted molar refractivity (Wildman–Crippen MR) is 76.2 cm³/mol. The second-order valence-corrected chi connectivity index (χ2v) is 5.21. The summed E-state index contributed by atoms with van der Waals surface area (Å²) in [7, 11) is 0. The van der Waals surface area contributed by atoms with Crippen molar-refractivity contribution in [1.29, 1.82) is 0 Å². The largest absolute Gasteiger partial charge is 0.306 e. The van der Waals surface area contributed by atoms with E-state index < -0.39 is 0 Å². The average Bonchev–Trinajstić information content (AvgIpc) is 2.40. The lowest BCUT2D eigenvalue weighted by Gasteiger charge is -2.29. The van der Waals surface area contributed by atoms with Crippen LogP contribution in [0.1, 0.15) is 28.3 Å². The van der Waals surface area contributed by atoms with Gasteiger partial charge in [-0.05, 0) is 41.7 Å². The fourth-order valence-corrected chi connectivity index (χ4v) is 3.02. The van der Waals surface area contributed by atoms with Gasteiger partial charge in [-0.2, -0.15) is 0 Å². The molecule has 0 saturated heterocycles. The molecule has 2 heteroatoms. The lowest BCUT2D eigenvalue weighted by Crippen LogP contribution is -2.31. The number of hydrogen-bond acceptors (Lipinski definition) is 1. The highest BCUT2D eigenvalue weighted by Gasteiger charge is 2.23. The molecule has 1 unspecified atom stereocenters. The summed E-state index contributed by atoms with van der Waals surface area (Å²) < 4.78 is 0. The molecule has 0 aliphatic carbocycles. The molecule has 2 aromatic rings. The minimum absolute atomic E-state index is 0.224. The molecule has 1 N–H and O–H groups in total. The minimum Gasteiger partial charge on any atom is -0.306 e. The van der Waals surface area contributed by atoms with Crippen molar-refractivity contribution in [3.8, 4) is 0 Å². The molecule has 0 amide bonds. The van der Waals surface area contributed by atoms with Crippen LogP contribution in [0, 0.1) is 6.92 Å². The van der Waals surface area contributed by atoms with Gasteiger partial charge in [0.1, 0.15) is 0 Å². The molecule has 18 heavy (non-hydrogen) atoms. The molecule has 0 spiro atoms. The summed E-state index contributed by atoms with van der Waals surface area (Å²) in [5.74, 6) is 0. The van der Waals surface area contributed by atoms with Gasteiger partial charge in [0.15, 0.2) is 0 Å². The van der Waals surface area contributed by atoms with Crippen molar-refractivity contribution >= 4 is 11.6 Å². The molecular formula is C16H16ClN. The smallest absolute Gasteiger partial charge is 0.0594 e. The first-order valence-electron chi connectivity index (χ1n) is 6.33. The number of aryl methyl sites for hydroxylation is 1. The van der Waals surface area contributed by atoms with Gasteiger partial charge in [0, 0.05) is 11.6 Å². The second kappa shape index (κ2) is 4.75. The molecule has 3 rings (SSSR count). The van der Waals surface area contributed by atoms with Crippen LogP contribution in [-0.4, -0.2) is 6.54 Å². The molecule has 0 radical (unpaired) electrons. The topological polar surface area (TPSA) is 12.0 Å². The third-order valence-corrected chi connectivity index (χ3v) is 4.04. The number of benzene rings is 2. The van der Waals surface area contributed by atoms with Crippen LogP contribution in [0.2, 0.25) is 5.02 Å². The molecule has 1 heterocycles. The molecule has 1 aliphatic heterocycles. The van der Waals surface area contributed by atoms with Crippen molar-refractivity contribution < 1.29 is 0 Å². The maximum absolute atomic E-state index is 6.32. The van der Waals surface area contributed by atoms with E-state index in [2.05, 4.69) is 36.5 Å². The van der Waals surface area contributed by atoms with Gasteiger partial charge in [-0.1, -0.05) is 48.0 Å². The number of rotatable bonds is 1. The number of fused-ring (bicyclic) bond motifs is 1. The lowest BCUT2D eigenvalue weighted by atomic mass is 9.87. The van der Waals surface area contributed by atoms with Crippen molar-refractivity contribution in [1.82, 2.24) is 5.32 Å². The van der Waals surface area contributed by atoms with E-state index in [0.29, 0.717) is 0 Å². The van der Waals surface area contributed by atoms with Gasteiger partial charge in [0.2, 0.25) is 0 Å². The summed E-state index contributed by atoms with van der Waals surface area (Å²) in [5.41, 5.74) is 5.40. The van der Waals surface area contributed by atoms with Crippen molar-refractivity contribution in [2.24, 2.45) is 0 Å². The Bertz CT molecular complexity index is 577. The summed E-state index contributed by atoms with van der Waals surface area (Å²) in [6, 6.07) is 14.8. The van der Waals surface area contributed by atoms with Gasteiger partial charge in [0.25, 0.3) is 0 Å². The minimum atomic E-state index is 0.224. The molecule has 1 aliphatic rings. The molecule has 2 aromatic carbocycles. The monoisotopic (exact) mass is 257 g/mol. The van der Waals surface area contributed by atoms with Crippen LogP contribution in [0.25, 0.3) is 0 Å². The van der Waals surface area contributed by atoms with E-state index in [0.717, 1.165) is 18.0 Å². The van der Waals surface area contributed by atoms with Crippen LogP contribution in [0.4, 0.5) is 0 Å². The Morgan fingerprint density at radius 3 is 2.67 bits per heavy atom. The van der Waals surface area contributed by atoms with E-state index in [1.807, 2.05) is 18.2 Å². The third kappa shape index (κ3) is 1.94. The zero-order chi connectivity index (χ0) is 12.5. The molecule has 0 fully saturated rings. The van der Waals surface area contributed by atoms with E-state index in [9.17, 15) is 0 Å². The van der Waals surface area contributed by atoms with Crippen LogP contribution in [-0.2, 0) is 6.42 Å². The Morgan fingerprint density at radius 2 is 1.83 bits per heavy atom. The van der Waals surface area contributed by atoms with Crippen molar-refractivity contribution in [2.75, 3.05) is 6.54 Å². The normalized spacial score (nSPS) is 18.4. The standard InChI is InChI=1S/C16H16ClN/c1-11-5-4-7-13-12(11)9-10-18-16(13)14-6-2-3-8-15(14)17/h2-8,16,18H,9-10H2,1H3. The Kier molecular flexibility index (Phi) is 3.11. The molecule has 1 atom stereocenters. The van der Waals surface area contributed by atoms with Crippen LogP contribution < -0.4 is 5.32 Å². The van der Waals surface area contributed by atoms with E-state index in [1.54, 1.807) is 0 Å². The van der Waals surface area contributed by atoms with Gasteiger partial charge in [-0.15, -0.1) is 0 Å². The van der Waals surface area contributed by atoms with Gasteiger partial charge in [0.05, 0.1) is 6.04 Å². The number of hydrogen-bond donors (Lipinski definition) is 1. The first kappa shape index (κ1) is 11.8. The fraction of sp³-hybridized carbons (Fsp3) is 0.250. The summed E-state index contributed by atoms with van der Waals surface area (Å²) >= 11 is 6.32. The van der Waals surface area contributed by atoms with Gasteiger partial charge in [-0.25, -0.2) is 0 Å². The van der Waals surface area contributed by atoms with Crippen LogP contribution in [0.3, 0.4) is 0 Å². The summed E-state index contributed by atoms with van der Waals surface area (Å²) in [5, 5.41) is 4.41. The van der Waals surface area contributed by atoms with Crippen LogP contribution in [0.5, 0.6) is 0 Å². The van der Waals surface area contributed by atoms with Crippen molar-refractivity contribution in [2.45, 2.75) is 19.4 Å². The Labute approximate surface area is 113 Å². The third-order valence-electron chi connectivity index (χ3n) is 3.70. The van der Waals surface area contributed by atoms with Gasteiger partial charge in [-0.3, -0.25) is 0 Å². The number of halogens is 1.